The van der Waals surface area contributed by atoms with Crippen molar-refractivity contribution in [2.24, 2.45) is 5.73 Å². The van der Waals surface area contributed by atoms with E-state index in [1.54, 1.807) is 0 Å². The molecule has 3 rings (SSSR count). The zero-order valence-electron chi connectivity index (χ0n) is 11.5. The number of rotatable bonds is 3. The second-order valence-electron chi connectivity index (χ2n) is 5.46. The monoisotopic (exact) mass is 270 g/mol. The van der Waals surface area contributed by atoms with Gasteiger partial charge < -0.3 is 11.1 Å². The van der Waals surface area contributed by atoms with E-state index in [1.165, 1.54) is 23.3 Å². The molecule has 0 aliphatic heterocycles. The third kappa shape index (κ3) is 2.47. The maximum Gasteiger partial charge on any atom is 0.123 e. The molecule has 0 amide bonds. The fourth-order valence-corrected chi connectivity index (χ4v) is 2.98. The largest absolute Gasteiger partial charge is 0.324 e. The Hall–Kier alpha value is -1.71. The Morgan fingerprint density at radius 1 is 1.10 bits per heavy atom. The zero-order chi connectivity index (χ0) is 14.1. The van der Waals surface area contributed by atoms with E-state index in [0.717, 1.165) is 12.0 Å². The van der Waals surface area contributed by atoms with Crippen LogP contribution in [0.1, 0.15) is 48.2 Å². The Kier molecular flexibility index (Phi) is 3.55. The molecule has 3 N–H and O–H groups in total. The van der Waals surface area contributed by atoms with Crippen LogP contribution < -0.4 is 11.1 Å². The molecule has 0 heterocycles. The number of hydrogen-bond acceptors (Lipinski definition) is 2. The molecule has 0 radical (unpaired) electrons. The van der Waals surface area contributed by atoms with Gasteiger partial charge in [0.2, 0.25) is 0 Å². The minimum Gasteiger partial charge on any atom is -0.324 e. The number of hydrogen-bond donors (Lipinski definition) is 2. The minimum atomic E-state index is -0.200. The van der Waals surface area contributed by atoms with Crippen LogP contribution in [0.15, 0.2) is 48.5 Å². The summed E-state index contributed by atoms with van der Waals surface area (Å²) in [5.41, 5.74) is 9.79. The molecule has 0 saturated heterocycles. The molecule has 3 heteroatoms. The van der Waals surface area contributed by atoms with Crippen LogP contribution >= 0.6 is 0 Å². The van der Waals surface area contributed by atoms with Crippen LogP contribution in [0.4, 0.5) is 4.39 Å². The molecule has 0 aromatic heterocycles. The Balaban J connectivity index is 1.77. The van der Waals surface area contributed by atoms with E-state index in [9.17, 15) is 4.39 Å². The predicted octanol–water partition coefficient (Wildman–Crippen LogP) is 3.62. The van der Waals surface area contributed by atoms with Gasteiger partial charge in [0.25, 0.3) is 0 Å². The van der Waals surface area contributed by atoms with E-state index in [0.29, 0.717) is 0 Å². The van der Waals surface area contributed by atoms with Gasteiger partial charge in [0.05, 0.1) is 0 Å². The molecule has 0 fully saturated rings. The lowest BCUT2D eigenvalue weighted by atomic mass is 10.0. The van der Waals surface area contributed by atoms with Gasteiger partial charge >= 0.3 is 0 Å². The van der Waals surface area contributed by atoms with Crippen molar-refractivity contribution in [1.29, 1.82) is 0 Å². The number of benzene rings is 2. The fourth-order valence-electron chi connectivity index (χ4n) is 2.98. The molecule has 0 saturated carbocycles. The highest BCUT2D eigenvalue weighted by Gasteiger charge is 2.28. The lowest BCUT2D eigenvalue weighted by Gasteiger charge is -2.21. The summed E-state index contributed by atoms with van der Waals surface area (Å²) in [6.07, 6.45) is 0.908. The molecule has 1 aliphatic carbocycles. The molecule has 3 atom stereocenters. The maximum absolute atomic E-state index is 13.0. The highest BCUT2D eigenvalue weighted by molar-refractivity contribution is 5.37. The van der Waals surface area contributed by atoms with E-state index < -0.39 is 0 Å². The van der Waals surface area contributed by atoms with Crippen molar-refractivity contribution in [2.75, 3.05) is 0 Å². The lowest BCUT2D eigenvalue weighted by molar-refractivity contribution is 0.445. The molecule has 2 aromatic carbocycles. The van der Waals surface area contributed by atoms with Gasteiger partial charge in [-0.2, -0.15) is 0 Å². The van der Waals surface area contributed by atoms with Gasteiger partial charge in [-0.15, -0.1) is 0 Å². The molecule has 0 spiro atoms. The SMILES string of the molecule is C[C@H](NC1CC(N)c2ccccc21)c1ccc(F)cc1. The van der Waals surface area contributed by atoms with Crippen molar-refractivity contribution >= 4 is 0 Å². The standard InChI is InChI=1S/C17H19FN2/c1-11(12-6-8-13(18)9-7-12)20-17-10-16(19)14-4-2-3-5-15(14)17/h2-9,11,16-17,20H,10,19H2,1H3/t11-,16?,17?/m0/s1. The molecule has 20 heavy (non-hydrogen) atoms. The predicted molar refractivity (Wildman–Crippen MR) is 78.7 cm³/mol. The zero-order valence-corrected chi connectivity index (χ0v) is 11.5. The molecular formula is C17H19FN2. The van der Waals surface area contributed by atoms with Crippen LogP contribution in [0.2, 0.25) is 0 Å². The molecule has 104 valence electrons. The molecule has 1 aliphatic rings. The van der Waals surface area contributed by atoms with E-state index >= 15 is 0 Å². The van der Waals surface area contributed by atoms with Crippen molar-refractivity contribution in [3.05, 3.63) is 71.0 Å². The van der Waals surface area contributed by atoms with Gasteiger partial charge in [-0.05, 0) is 42.2 Å². The highest BCUT2D eigenvalue weighted by Crippen LogP contribution is 2.38. The second kappa shape index (κ2) is 5.35. The van der Waals surface area contributed by atoms with E-state index in [2.05, 4.69) is 24.4 Å². The summed E-state index contributed by atoms with van der Waals surface area (Å²) in [4.78, 5) is 0. The second-order valence-corrected chi connectivity index (χ2v) is 5.46. The van der Waals surface area contributed by atoms with Crippen molar-refractivity contribution < 1.29 is 4.39 Å². The van der Waals surface area contributed by atoms with Gasteiger partial charge in [0.15, 0.2) is 0 Å². The van der Waals surface area contributed by atoms with Gasteiger partial charge in [0, 0.05) is 18.1 Å². The van der Waals surface area contributed by atoms with Crippen molar-refractivity contribution in [3.8, 4) is 0 Å². The van der Waals surface area contributed by atoms with Crippen molar-refractivity contribution in [2.45, 2.75) is 31.5 Å². The topological polar surface area (TPSA) is 38.0 Å². The normalized spacial score (nSPS) is 22.6. The van der Waals surface area contributed by atoms with E-state index in [4.69, 9.17) is 5.73 Å². The van der Waals surface area contributed by atoms with Crippen molar-refractivity contribution in [3.63, 3.8) is 0 Å². The van der Waals surface area contributed by atoms with Crippen LogP contribution in [0.25, 0.3) is 0 Å². The summed E-state index contributed by atoms with van der Waals surface area (Å²) in [5, 5.41) is 3.60. The van der Waals surface area contributed by atoms with Gasteiger partial charge in [0.1, 0.15) is 5.82 Å². The summed E-state index contributed by atoms with van der Waals surface area (Å²) >= 11 is 0. The number of halogens is 1. The number of nitrogens with one attached hydrogen (secondary N) is 1. The molecular weight excluding hydrogens is 251 g/mol. The summed E-state index contributed by atoms with van der Waals surface area (Å²) < 4.78 is 13.0. The van der Waals surface area contributed by atoms with Crippen LogP contribution in [-0.4, -0.2) is 0 Å². The van der Waals surface area contributed by atoms with Crippen LogP contribution in [-0.2, 0) is 0 Å². The number of fused-ring (bicyclic) bond motifs is 1. The summed E-state index contributed by atoms with van der Waals surface area (Å²) in [6.45, 7) is 2.10. The maximum atomic E-state index is 13.0. The Bertz CT molecular complexity index is 594. The van der Waals surface area contributed by atoms with E-state index in [1.807, 2.05) is 24.3 Å². The van der Waals surface area contributed by atoms with E-state index in [-0.39, 0.29) is 23.9 Å². The van der Waals surface area contributed by atoms with Crippen LogP contribution in [0, 0.1) is 5.82 Å². The first kappa shape index (κ1) is 13.3. The first-order valence-corrected chi connectivity index (χ1v) is 7.01. The average Bonchev–Trinajstić information content (AvgIpc) is 2.77. The summed E-state index contributed by atoms with van der Waals surface area (Å²) in [7, 11) is 0. The van der Waals surface area contributed by atoms with Gasteiger partial charge in [-0.25, -0.2) is 4.39 Å². The Morgan fingerprint density at radius 3 is 2.45 bits per heavy atom. The van der Waals surface area contributed by atoms with Crippen LogP contribution in [0.5, 0.6) is 0 Å². The van der Waals surface area contributed by atoms with Crippen LogP contribution in [0.3, 0.4) is 0 Å². The summed E-state index contributed by atoms with van der Waals surface area (Å²) in [5.74, 6) is -0.200. The number of nitrogens with two attached hydrogens (primary N) is 1. The smallest absolute Gasteiger partial charge is 0.123 e. The highest BCUT2D eigenvalue weighted by atomic mass is 19.1. The third-order valence-corrected chi connectivity index (χ3v) is 4.08. The first-order valence-electron chi connectivity index (χ1n) is 7.01. The van der Waals surface area contributed by atoms with Gasteiger partial charge in [-0.1, -0.05) is 36.4 Å². The fraction of sp³-hybridized carbons (Fsp3) is 0.294. The third-order valence-electron chi connectivity index (χ3n) is 4.08. The Labute approximate surface area is 118 Å². The lowest BCUT2D eigenvalue weighted by Crippen LogP contribution is -2.23. The first-order chi connectivity index (χ1) is 9.65. The molecule has 2 unspecified atom stereocenters. The molecule has 0 bridgehead atoms. The Morgan fingerprint density at radius 2 is 1.75 bits per heavy atom. The minimum absolute atomic E-state index is 0.101. The summed E-state index contributed by atoms with van der Waals surface area (Å²) in [6, 6.07) is 15.5. The average molecular weight is 270 g/mol. The van der Waals surface area contributed by atoms with Crippen molar-refractivity contribution in [1.82, 2.24) is 5.32 Å². The molecule has 2 aromatic rings. The van der Waals surface area contributed by atoms with Gasteiger partial charge in [-0.3, -0.25) is 0 Å². The quantitative estimate of drug-likeness (QED) is 0.894. The molecule has 2 nitrogen and oxygen atoms in total.